The molecule has 7 nitrogen and oxygen atoms in total. The molecule has 7 aromatic rings. The van der Waals surface area contributed by atoms with E-state index < -0.39 is 0 Å². The van der Waals surface area contributed by atoms with Crippen LogP contribution in [-0.4, -0.2) is 19.1 Å². The van der Waals surface area contributed by atoms with Gasteiger partial charge >= 0.3 is 0 Å². The van der Waals surface area contributed by atoms with Gasteiger partial charge in [-0.3, -0.25) is 9.97 Å². The average Bonchev–Trinajstić information content (AvgIpc) is 3.51. The predicted molar refractivity (Wildman–Crippen MR) is 157 cm³/mol. The van der Waals surface area contributed by atoms with Gasteiger partial charge in [-0.25, -0.2) is 4.57 Å². The zero-order valence-electron chi connectivity index (χ0n) is 23.7. The molecule has 7 heteroatoms. The Kier molecular flexibility index (Phi) is 5.39. The second-order valence-corrected chi connectivity index (χ2v) is 10.9. The molecule has 0 radical (unpaired) electrons. The summed E-state index contributed by atoms with van der Waals surface area (Å²) in [5.74, 6) is 1.78. The third kappa shape index (κ3) is 3.37. The second kappa shape index (κ2) is 8.88. The second-order valence-electron chi connectivity index (χ2n) is 10.9. The van der Waals surface area contributed by atoms with Crippen molar-refractivity contribution in [3.63, 3.8) is 0 Å². The van der Waals surface area contributed by atoms with Crippen molar-refractivity contribution in [3.05, 3.63) is 96.2 Å². The maximum Gasteiger partial charge on any atom is 0.297 e. The number of para-hydroxylation sites is 2. The quantitative estimate of drug-likeness (QED) is 0.203. The molecule has 0 spiro atoms. The van der Waals surface area contributed by atoms with Gasteiger partial charge in [0, 0.05) is 17.2 Å². The number of hydrogen-bond acceptors (Lipinski definition) is 3. The number of pyridine rings is 3. The minimum atomic E-state index is 0.351. The van der Waals surface area contributed by atoms with Crippen molar-refractivity contribution >= 4 is 38.5 Å². The molecule has 198 valence electrons. The van der Waals surface area contributed by atoms with Gasteiger partial charge in [-0.05, 0) is 43.5 Å². The van der Waals surface area contributed by atoms with Crippen molar-refractivity contribution in [2.24, 2.45) is 14.1 Å². The van der Waals surface area contributed by atoms with Crippen molar-refractivity contribution in [1.82, 2.24) is 19.1 Å². The Hall–Kier alpha value is -4.78. The normalized spacial score (nSPS) is 12.0. The number of rotatable bonds is 4. The molecule has 0 saturated carbocycles. The Morgan fingerprint density at radius 3 is 2.38 bits per heavy atom. The Bertz CT molecular complexity index is 2120. The number of aryl methyl sites for hydroxylation is 3. The fourth-order valence-electron chi connectivity index (χ4n) is 6.09. The van der Waals surface area contributed by atoms with Crippen molar-refractivity contribution < 1.29 is 14.0 Å². The zero-order valence-corrected chi connectivity index (χ0v) is 23.7. The third-order valence-electron chi connectivity index (χ3n) is 8.18. The molecule has 0 aliphatic rings. The number of benzene rings is 2. The van der Waals surface area contributed by atoms with E-state index in [1.165, 1.54) is 27.5 Å². The molecule has 0 fully saturated rings. The van der Waals surface area contributed by atoms with E-state index in [4.69, 9.17) is 9.72 Å². The van der Waals surface area contributed by atoms with Crippen LogP contribution in [0.4, 0.5) is 0 Å². The lowest BCUT2D eigenvalue weighted by molar-refractivity contribution is -0.744. The molecule has 0 amide bonds. The van der Waals surface area contributed by atoms with Crippen LogP contribution in [0, 0.1) is 13.8 Å². The van der Waals surface area contributed by atoms with Gasteiger partial charge in [-0.15, -0.1) is 9.36 Å². The van der Waals surface area contributed by atoms with Crippen LogP contribution in [0.15, 0.2) is 79.5 Å². The molecular weight excluding hydrogens is 496 g/mol. The standard InChI is InChI=1S/C33H32N6O/c1-20(2)23-11-9-14-26-31(23)32-30(33-37(6)24-12-7-8-13-25(24)39(26)33)22(4)29(19-35-32)40-28-18-34-17-27(21(28)3)38-16-10-15-36(38)5/h7-20H,1-6H3/q+2. The lowest BCUT2D eigenvalue weighted by Gasteiger charge is -2.16. The summed E-state index contributed by atoms with van der Waals surface area (Å²) >= 11 is 0. The highest BCUT2D eigenvalue weighted by molar-refractivity contribution is 6.13. The molecule has 5 aromatic heterocycles. The summed E-state index contributed by atoms with van der Waals surface area (Å²) in [6.45, 7) is 8.70. The minimum Gasteiger partial charge on any atom is -0.453 e. The van der Waals surface area contributed by atoms with Gasteiger partial charge in [0.1, 0.15) is 17.0 Å². The van der Waals surface area contributed by atoms with Gasteiger partial charge in [0.2, 0.25) is 0 Å². The van der Waals surface area contributed by atoms with E-state index in [0.717, 1.165) is 39.1 Å². The van der Waals surface area contributed by atoms with E-state index in [-0.39, 0.29) is 0 Å². The molecule has 5 heterocycles. The van der Waals surface area contributed by atoms with Crippen LogP contribution in [0.1, 0.15) is 36.5 Å². The lowest BCUT2D eigenvalue weighted by Crippen LogP contribution is -2.37. The highest BCUT2D eigenvalue weighted by Crippen LogP contribution is 2.39. The molecule has 0 saturated heterocycles. The first-order valence-corrected chi connectivity index (χ1v) is 13.7. The van der Waals surface area contributed by atoms with Gasteiger partial charge in [0.25, 0.3) is 5.65 Å². The number of nitrogens with zero attached hydrogens (tertiary/aromatic N) is 6. The molecule has 0 bridgehead atoms. The van der Waals surface area contributed by atoms with Crippen LogP contribution in [0.25, 0.3) is 44.2 Å². The SMILES string of the molecule is Cc1c(Oc2cnc3c4c(C(C)C)cccc4n4c5ccccc5[n+](C)c4c3c2C)cncc1-n1ccc[n+]1C. The van der Waals surface area contributed by atoms with Crippen LogP contribution in [0.3, 0.4) is 0 Å². The van der Waals surface area contributed by atoms with E-state index in [0.29, 0.717) is 11.7 Å². The Labute approximate surface area is 232 Å². The third-order valence-corrected chi connectivity index (χ3v) is 8.18. The van der Waals surface area contributed by atoms with E-state index >= 15 is 0 Å². The van der Waals surface area contributed by atoms with Gasteiger partial charge < -0.3 is 4.74 Å². The molecule has 0 aliphatic carbocycles. The predicted octanol–water partition coefficient (Wildman–Crippen LogP) is 6.16. The van der Waals surface area contributed by atoms with Crippen molar-refractivity contribution in [2.75, 3.05) is 0 Å². The number of ether oxygens (including phenoxy) is 1. The Morgan fingerprint density at radius 1 is 0.825 bits per heavy atom. The summed E-state index contributed by atoms with van der Waals surface area (Å²) < 4.78 is 15.3. The average molecular weight is 529 g/mol. The van der Waals surface area contributed by atoms with Crippen LogP contribution < -0.4 is 14.0 Å². The molecule has 0 atom stereocenters. The van der Waals surface area contributed by atoms with Crippen molar-refractivity contribution in [3.8, 4) is 17.2 Å². The van der Waals surface area contributed by atoms with E-state index in [9.17, 15) is 0 Å². The molecule has 0 N–H and O–H groups in total. The Balaban J connectivity index is 1.54. The van der Waals surface area contributed by atoms with Crippen LogP contribution in [0.2, 0.25) is 0 Å². The van der Waals surface area contributed by atoms with Gasteiger partial charge in [0.05, 0.1) is 48.1 Å². The summed E-state index contributed by atoms with van der Waals surface area (Å²) in [5.41, 5.74) is 9.92. The lowest BCUT2D eigenvalue weighted by atomic mass is 9.95. The maximum atomic E-state index is 6.61. The smallest absolute Gasteiger partial charge is 0.297 e. The summed E-state index contributed by atoms with van der Waals surface area (Å²) in [6, 6.07) is 17.2. The van der Waals surface area contributed by atoms with Crippen molar-refractivity contribution in [2.45, 2.75) is 33.6 Å². The van der Waals surface area contributed by atoms with Crippen LogP contribution in [0.5, 0.6) is 11.5 Å². The molecule has 0 unspecified atom stereocenters. The molecule has 0 aliphatic heterocycles. The zero-order chi connectivity index (χ0) is 27.7. The van der Waals surface area contributed by atoms with E-state index in [2.05, 4.69) is 95.8 Å². The number of hydrogen-bond donors (Lipinski definition) is 0. The Morgan fingerprint density at radius 2 is 1.60 bits per heavy atom. The largest absolute Gasteiger partial charge is 0.453 e. The molecular formula is C33H32N6O+2. The summed E-state index contributed by atoms with van der Waals surface area (Å²) in [6.07, 6.45) is 9.54. The molecule has 2 aromatic carbocycles. The summed E-state index contributed by atoms with van der Waals surface area (Å²) in [7, 11) is 4.14. The number of fused-ring (bicyclic) bond motifs is 8. The monoisotopic (exact) mass is 528 g/mol. The highest BCUT2D eigenvalue weighted by Gasteiger charge is 2.28. The van der Waals surface area contributed by atoms with Crippen LogP contribution in [-0.2, 0) is 14.1 Å². The number of aromatic nitrogens is 6. The first-order valence-electron chi connectivity index (χ1n) is 13.7. The summed E-state index contributed by atoms with van der Waals surface area (Å²) in [5, 5.41) is 2.28. The van der Waals surface area contributed by atoms with E-state index in [1.807, 2.05) is 42.6 Å². The van der Waals surface area contributed by atoms with Crippen molar-refractivity contribution in [1.29, 1.82) is 0 Å². The highest BCUT2D eigenvalue weighted by atomic mass is 16.5. The topological polar surface area (TPSA) is 52.1 Å². The molecule has 7 rings (SSSR count). The fraction of sp³-hybridized carbons (Fsp3) is 0.212. The summed E-state index contributed by atoms with van der Waals surface area (Å²) in [4.78, 5) is 9.61. The number of imidazole rings is 1. The van der Waals surface area contributed by atoms with Crippen LogP contribution >= 0.6 is 0 Å². The maximum absolute atomic E-state index is 6.61. The van der Waals surface area contributed by atoms with Gasteiger partial charge in [-0.2, -0.15) is 4.40 Å². The fourth-order valence-corrected chi connectivity index (χ4v) is 6.09. The first kappa shape index (κ1) is 24.3. The van der Waals surface area contributed by atoms with Gasteiger partial charge in [0.15, 0.2) is 30.0 Å². The van der Waals surface area contributed by atoms with E-state index in [1.54, 1.807) is 6.20 Å². The minimum absolute atomic E-state index is 0.351. The van der Waals surface area contributed by atoms with Gasteiger partial charge in [-0.1, -0.05) is 38.1 Å². The molecule has 40 heavy (non-hydrogen) atoms. The first-order chi connectivity index (χ1) is 19.4.